The first-order valence-corrected chi connectivity index (χ1v) is 5.15. The highest BCUT2D eigenvalue weighted by Gasteiger charge is 2.36. The average Bonchev–Trinajstić information content (AvgIpc) is 2.29. The molecule has 3 nitrogen and oxygen atoms in total. The molecule has 0 amide bonds. The molecule has 0 aromatic carbocycles. The number of hydrogen-bond donors (Lipinski definition) is 1. The predicted octanol–water partition coefficient (Wildman–Crippen LogP) is 0.868. The van der Waals surface area contributed by atoms with E-state index in [0.717, 1.165) is 25.7 Å². The van der Waals surface area contributed by atoms with Crippen molar-refractivity contribution in [3.05, 3.63) is 0 Å². The lowest BCUT2D eigenvalue weighted by Crippen LogP contribution is -2.52. The third kappa shape index (κ3) is 1.87. The van der Waals surface area contributed by atoms with Gasteiger partial charge in [-0.1, -0.05) is 20.8 Å². The Labute approximate surface area is 80.4 Å². The normalized spacial score (nSPS) is 32.1. The van der Waals surface area contributed by atoms with Crippen molar-refractivity contribution in [1.82, 2.24) is 10.4 Å². The van der Waals surface area contributed by atoms with E-state index in [1.807, 2.05) is 0 Å². The molecule has 0 aromatic rings. The number of nitrogens with one attached hydrogen (secondary N) is 1. The topological polar surface area (TPSA) is 24.5 Å². The van der Waals surface area contributed by atoms with Crippen LogP contribution in [0.25, 0.3) is 0 Å². The molecule has 2 fully saturated rings. The minimum atomic E-state index is 0.423. The van der Waals surface area contributed by atoms with Gasteiger partial charge in [0.05, 0.1) is 19.3 Å². The third-order valence-electron chi connectivity index (χ3n) is 3.24. The van der Waals surface area contributed by atoms with Crippen molar-refractivity contribution in [2.45, 2.75) is 26.8 Å². The standard InChI is InChI=1S/C10H20N2O/c1-10(2,3)8-4-11-12(5-8)9-6-13-7-9/h8-9,11H,4-7H2,1-3H3. The van der Waals surface area contributed by atoms with E-state index in [1.165, 1.54) is 6.54 Å². The Morgan fingerprint density at radius 2 is 2.00 bits per heavy atom. The van der Waals surface area contributed by atoms with Crippen LogP contribution in [0.2, 0.25) is 0 Å². The molecule has 76 valence electrons. The molecule has 0 saturated carbocycles. The van der Waals surface area contributed by atoms with Gasteiger partial charge in [-0.25, -0.2) is 5.01 Å². The third-order valence-corrected chi connectivity index (χ3v) is 3.24. The summed E-state index contributed by atoms with van der Waals surface area (Å²) in [5, 5.41) is 2.36. The van der Waals surface area contributed by atoms with Gasteiger partial charge in [-0.3, -0.25) is 5.43 Å². The van der Waals surface area contributed by atoms with Crippen LogP contribution in [0.4, 0.5) is 0 Å². The molecule has 1 unspecified atom stereocenters. The van der Waals surface area contributed by atoms with Crippen LogP contribution in [0.5, 0.6) is 0 Å². The zero-order valence-electron chi connectivity index (χ0n) is 8.84. The molecule has 3 heteroatoms. The quantitative estimate of drug-likeness (QED) is 0.654. The van der Waals surface area contributed by atoms with Crippen molar-refractivity contribution in [3.8, 4) is 0 Å². The van der Waals surface area contributed by atoms with Crippen LogP contribution in [0.3, 0.4) is 0 Å². The second-order valence-electron chi connectivity index (χ2n) is 5.27. The van der Waals surface area contributed by atoms with E-state index in [9.17, 15) is 0 Å². The molecular weight excluding hydrogens is 164 g/mol. The maximum Gasteiger partial charge on any atom is 0.0711 e. The van der Waals surface area contributed by atoms with Gasteiger partial charge in [-0.15, -0.1) is 0 Å². The summed E-state index contributed by atoms with van der Waals surface area (Å²) in [6, 6.07) is 0.632. The van der Waals surface area contributed by atoms with E-state index in [1.54, 1.807) is 0 Å². The van der Waals surface area contributed by atoms with Crippen molar-refractivity contribution in [3.63, 3.8) is 0 Å². The first-order valence-electron chi connectivity index (χ1n) is 5.15. The van der Waals surface area contributed by atoms with E-state index < -0.39 is 0 Å². The fourth-order valence-electron chi connectivity index (χ4n) is 1.86. The highest BCUT2D eigenvalue weighted by Crippen LogP contribution is 2.30. The minimum Gasteiger partial charge on any atom is -0.378 e. The first kappa shape index (κ1) is 9.44. The lowest BCUT2D eigenvalue weighted by Gasteiger charge is -2.35. The maximum absolute atomic E-state index is 5.19. The summed E-state index contributed by atoms with van der Waals surface area (Å²) >= 11 is 0. The van der Waals surface area contributed by atoms with Crippen molar-refractivity contribution < 1.29 is 4.74 Å². The Kier molecular flexibility index (Phi) is 2.34. The lowest BCUT2D eigenvalue weighted by molar-refractivity contribution is -0.0742. The monoisotopic (exact) mass is 184 g/mol. The largest absolute Gasteiger partial charge is 0.378 e. The molecule has 0 aliphatic carbocycles. The van der Waals surface area contributed by atoms with Gasteiger partial charge in [0.1, 0.15) is 0 Å². The molecule has 2 heterocycles. The van der Waals surface area contributed by atoms with Crippen LogP contribution in [0.1, 0.15) is 20.8 Å². The maximum atomic E-state index is 5.19. The van der Waals surface area contributed by atoms with Crippen molar-refractivity contribution >= 4 is 0 Å². The van der Waals surface area contributed by atoms with Crippen LogP contribution < -0.4 is 5.43 Å². The highest BCUT2D eigenvalue weighted by molar-refractivity contribution is 4.87. The Morgan fingerprint density at radius 3 is 2.38 bits per heavy atom. The summed E-state index contributed by atoms with van der Waals surface area (Å²) in [5.74, 6) is 0.771. The van der Waals surface area contributed by atoms with Crippen LogP contribution in [0.15, 0.2) is 0 Å². The Bertz CT molecular complexity index is 184. The summed E-state index contributed by atoms with van der Waals surface area (Å²) < 4.78 is 5.19. The van der Waals surface area contributed by atoms with Crippen LogP contribution in [-0.2, 0) is 4.74 Å². The molecule has 2 saturated heterocycles. The van der Waals surface area contributed by atoms with Crippen molar-refractivity contribution in [2.75, 3.05) is 26.3 Å². The molecule has 1 atom stereocenters. The van der Waals surface area contributed by atoms with Gasteiger partial charge in [-0.05, 0) is 11.3 Å². The van der Waals surface area contributed by atoms with E-state index >= 15 is 0 Å². The van der Waals surface area contributed by atoms with Gasteiger partial charge < -0.3 is 4.74 Å². The molecule has 2 rings (SSSR count). The minimum absolute atomic E-state index is 0.423. The molecule has 0 aromatic heterocycles. The second kappa shape index (κ2) is 3.23. The Balaban J connectivity index is 1.86. The summed E-state index contributed by atoms with van der Waals surface area (Å²) in [6.07, 6.45) is 0. The lowest BCUT2D eigenvalue weighted by atomic mass is 9.81. The second-order valence-corrected chi connectivity index (χ2v) is 5.27. The van der Waals surface area contributed by atoms with Gasteiger partial charge in [0.15, 0.2) is 0 Å². The van der Waals surface area contributed by atoms with E-state index in [4.69, 9.17) is 4.74 Å². The molecule has 2 aliphatic heterocycles. The van der Waals surface area contributed by atoms with Crippen LogP contribution in [-0.4, -0.2) is 37.4 Å². The Hall–Kier alpha value is -0.120. The Morgan fingerprint density at radius 1 is 1.31 bits per heavy atom. The summed E-state index contributed by atoms with van der Waals surface area (Å²) in [6.45, 7) is 11.1. The number of hydrazine groups is 1. The van der Waals surface area contributed by atoms with Crippen molar-refractivity contribution in [1.29, 1.82) is 0 Å². The van der Waals surface area contributed by atoms with E-state index in [2.05, 4.69) is 31.2 Å². The molecule has 0 bridgehead atoms. The SMILES string of the molecule is CC(C)(C)C1CNN(C2COC2)C1. The highest BCUT2D eigenvalue weighted by atomic mass is 16.5. The first-order chi connectivity index (χ1) is 6.07. The molecule has 0 spiro atoms. The number of ether oxygens (including phenoxy) is 1. The van der Waals surface area contributed by atoms with Gasteiger partial charge in [0.25, 0.3) is 0 Å². The molecular formula is C10H20N2O. The molecule has 0 radical (unpaired) electrons. The van der Waals surface area contributed by atoms with Gasteiger partial charge >= 0.3 is 0 Å². The fraction of sp³-hybridized carbons (Fsp3) is 1.00. The van der Waals surface area contributed by atoms with Gasteiger partial charge in [0, 0.05) is 13.1 Å². The fourth-order valence-corrected chi connectivity index (χ4v) is 1.86. The van der Waals surface area contributed by atoms with Crippen molar-refractivity contribution in [2.24, 2.45) is 11.3 Å². The van der Waals surface area contributed by atoms with Crippen LogP contribution in [0, 0.1) is 11.3 Å². The number of hydrogen-bond acceptors (Lipinski definition) is 3. The smallest absolute Gasteiger partial charge is 0.0711 e. The van der Waals surface area contributed by atoms with Gasteiger partial charge in [-0.2, -0.15) is 0 Å². The zero-order chi connectivity index (χ0) is 9.47. The van der Waals surface area contributed by atoms with E-state index in [-0.39, 0.29) is 0 Å². The molecule has 13 heavy (non-hydrogen) atoms. The number of nitrogens with zero attached hydrogens (tertiary/aromatic N) is 1. The molecule has 2 aliphatic rings. The molecule has 1 N–H and O–H groups in total. The van der Waals surface area contributed by atoms with Crippen LogP contribution >= 0.6 is 0 Å². The predicted molar refractivity (Wildman–Crippen MR) is 52.3 cm³/mol. The van der Waals surface area contributed by atoms with E-state index in [0.29, 0.717) is 11.5 Å². The summed E-state index contributed by atoms with van der Waals surface area (Å²) in [5.41, 5.74) is 3.89. The average molecular weight is 184 g/mol. The van der Waals surface area contributed by atoms with Gasteiger partial charge in [0.2, 0.25) is 0 Å². The zero-order valence-corrected chi connectivity index (χ0v) is 8.84. The summed E-state index contributed by atoms with van der Waals surface area (Å²) in [7, 11) is 0. The summed E-state index contributed by atoms with van der Waals surface area (Å²) in [4.78, 5) is 0. The number of rotatable bonds is 1.